The molecule has 0 saturated carbocycles. The third kappa shape index (κ3) is 4.92. The number of rotatable bonds is 4. The second-order valence-corrected chi connectivity index (χ2v) is 15.3. The highest BCUT2D eigenvalue weighted by Crippen LogP contribution is 2.49. The Kier molecular flexibility index (Phi) is 7.26. The van der Waals surface area contributed by atoms with Gasteiger partial charge in [0.1, 0.15) is 0 Å². The average molecular weight is 735 g/mol. The molecule has 0 radical (unpaired) electrons. The Labute approximate surface area is 335 Å². The predicted molar refractivity (Wildman–Crippen MR) is 246 cm³/mol. The Morgan fingerprint density at radius 1 is 0.241 bits per heavy atom. The summed E-state index contributed by atoms with van der Waals surface area (Å²) in [4.78, 5) is 9.49. The molecule has 0 aliphatic heterocycles. The molecule has 0 fully saturated rings. The summed E-state index contributed by atoms with van der Waals surface area (Å²) in [6.45, 7) is 0. The molecule has 0 spiro atoms. The zero-order chi connectivity index (χ0) is 38.2. The smallest absolute Gasteiger partial charge is 0.0353 e. The quantitative estimate of drug-likeness (QED) is 0.168. The van der Waals surface area contributed by atoms with Crippen LogP contribution in [0.2, 0.25) is 0 Å². The van der Waals surface area contributed by atoms with E-state index in [-0.39, 0.29) is 0 Å². The van der Waals surface area contributed by atoms with Crippen LogP contribution in [0, 0.1) is 0 Å². The third-order valence-corrected chi connectivity index (χ3v) is 12.2. The van der Waals surface area contributed by atoms with E-state index in [0.29, 0.717) is 0 Å². The summed E-state index contributed by atoms with van der Waals surface area (Å²) < 4.78 is 0. The molecule has 0 amide bonds. The van der Waals surface area contributed by atoms with Crippen LogP contribution >= 0.6 is 0 Å². The predicted octanol–water partition coefficient (Wildman–Crippen LogP) is 15.2. The number of nitrogens with zero attached hydrogens (tertiary/aromatic N) is 2. The fraction of sp³-hybridized carbons (Fsp3) is 0. The minimum absolute atomic E-state index is 1.14. The summed E-state index contributed by atoms with van der Waals surface area (Å²) in [5.41, 5.74) is 9.68. The summed E-state index contributed by atoms with van der Waals surface area (Å²) >= 11 is 0. The van der Waals surface area contributed by atoms with E-state index in [1.54, 1.807) is 0 Å². The monoisotopic (exact) mass is 734 g/mol. The number of fused-ring (bicyclic) bond motifs is 7. The van der Waals surface area contributed by atoms with Crippen LogP contribution in [0.1, 0.15) is 0 Å². The van der Waals surface area contributed by atoms with Crippen molar-refractivity contribution in [3.63, 3.8) is 0 Å². The van der Waals surface area contributed by atoms with Crippen LogP contribution in [0.25, 0.3) is 120 Å². The Bertz CT molecular complexity index is 3280. The van der Waals surface area contributed by atoms with Crippen molar-refractivity contribution in [1.82, 2.24) is 9.97 Å². The van der Waals surface area contributed by atoms with Gasteiger partial charge in [0.15, 0.2) is 0 Å². The molecular weight excluding hydrogens is 701 g/mol. The SMILES string of the molecule is c1ccc2cc(-c3c4ccccc4c(-c4ccc(-c5c6ccccc6c(-c6ccc7ccccc7c6)c6ccncc56)c5ccccc45)c4cnccc34)ccc2c1. The topological polar surface area (TPSA) is 25.8 Å². The zero-order valence-corrected chi connectivity index (χ0v) is 31.5. The normalized spacial score (nSPS) is 11.8. The van der Waals surface area contributed by atoms with Crippen molar-refractivity contribution < 1.29 is 0 Å². The maximum Gasteiger partial charge on any atom is 0.0353 e. The van der Waals surface area contributed by atoms with Gasteiger partial charge >= 0.3 is 0 Å². The zero-order valence-electron chi connectivity index (χ0n) is 31.5. The van der Waals surface area contributed by atoms with Crippen molar-refractivity contribution in [1.29, 1.82) is 0 Å². The van der Waals surface area contributed by atoms with Crippen molar-refractivity contribution in [2.45, 2.75) is 0 Å². The lowest BCUT2D eigenvalue weighted by molar-refractivity contribution is 1.37. The molecule has 58 heavy (non-hydrogen) atoms. The van der Waals surface area contributed by atoms with Crippen LogP contribution in [0.4, 0.5) is 0 Å². The van der Waals surface area contributed by atoms with E-state index in [4.69, 9.17) is 9.97 Å². The van der Waals surface area contributed by atoms with E-state index in [2.05, 4.69) is 194 Å². The molecule has 10 aromatic carbocycles. The molecule has 0 unspecified atom stereocenters. The van der Waals surface area contributed by atoms with Gasteiger partial charge in [-0.15, -0.1) is 0 Å². The van der Waals surface area contributed by atoms with Crippen LogP contribution in [0.3, 0.4) is 0 Å². The summed E-state index contributed by atoms with van der Waals surface area (Å²) in [7, 11) is 0. The maximum atomic E-state index is 4.75. The lowest BCUT2D eigenvalue weighted by Crippen LogP contribution is -1.94. The molecule has 0 aliphatic rings. The van der Waals surface area contributed by atoms with Gasteiger partial charge in [-0.25, -0.2) is 0 Å². The largest absolute Gasteiger partial charge is 0.264 e. The van der Waals surface area contributed by atoms with Crippen molar-refractivity contribution >= 4 is 75.4 Å². The highest BCUT2D eigenvalue weighted by molar-refractivity contribution is 6.27. The summed E-state index contributed by atoms with van der Waals surface area (Å²) in [5, 5.41) is 16.9. The van der Waals surface area contributed by atoms with E-state index in [1.165, 1.54) is 109 Å². The van der Waals surface area contributed by atoms with Gasteiger partial charge in [0.2, 0.25) is 0 Å². The maximum absolute atomic E-state index is 4.75. The fourth-order valence-corrected chi connectivity index (χ4v) is 9.67. The molecule has 0 atom stereocenters. The molecule has 2 aromatic heterocycles. The Morgan fingerprint density at radius 3 is 1.02 bits per heavy atom. The summed E-state index contributed by atoms with van der Waals surface area (Å²) in [5.74, 6) is 0. The second kappa shape index (κ2) is 12.9. The van der Waals surface area contributed by atoms with E-state index in [1.807, 2.05) is 12.4 Å². The van der Waals surface area contributed by atoms with E-state index >= 15 is 0 Å². The van der Waals surface area contributed by atoms with Crippen molar-refractivity contribution in [2.24, 2.45) is 0 Å². The Balaban J connectivity index is 1.14. The molecule has 2 nitrogen and oxygen atoms in total. The molecule has 0 N–H and O–H groups in total. The van der Waals surface area contributed by atoms with Crippen LogP contribution in [0.15, 0.2) is 207 Å². The van der Waals surface area contributed by atoms with E-state index in [9.17, 15) is 0 Å². The van der Waals surface area contributed by atoms with Gasteiger partial charge in [0.05, 0.1) is 0 Å². The molecule has 12 rings (SSSR count). The first-order valence-corrected chi connectivity index (χ1v) is 19.9. The van der Waals surface area contributed by atoms with Gasteiger partial charge in [-0.1, -0.05) is 158 Å². The first-order valence-electron chi connectivity index (χ1n) is 19.9. The molecule has 2 heterocycles. The van der Waals surface area contributed by atoms with Crippen molar-refractivity contribution in [2.75, 3.05) is 0 Å². The Morgan fingerprint density at radius 2 is 0.586 bits per heavy atom. The highest BCUT2D eigenvalue weighted by Gasteiger charge is 2.22. The van der Waals surface area contributed by atoms with Gasteiger partial charge < -0.3 is 0 Å². The van der Waals surface area contributed by atoms with Crippen LogP contribution in [-0.4, -0.2) is 9.97 Å². The number of benzene rings is 10. The first-order chi connectivity index (χ1) is 28.8. The Hall–Kier alpha value is -7.68. The fourth-order valence-electron chi connectivity index (χ4n) is 9.67. The van der Waals surface area contributed by atoms with Gasteiger partial charge in [0, 0.05) is 35.6 Å². The minimum Gasteiger partial charge on any atom is -0.264 e. The van der Waals surface area contributed by atoms with Crippen molar-refractivity contribution in [3.05, 3.63) is 207 Å². The van der Waals surface area contributed by atoms with Crippen LogP contribution in [-0.2, 0) is 0 Å². The molecule has 268 valence electrons. The number of aromatic nitrogens is 2. The van der Waals surface area contributed by atoms with Crippen LogP contribution in [0.5, 0.6) is 0 Å². The molecule has 2 heteroatoms. The first kappa shape index (κ1) is 32.6. The van der Waals surface area contributed by atoms with E-state index < -0.39 is 0 Å². The number of hydrogen-bond acceptors (Lipinski definition) is 2. The summed E-state index contributed by atoms with van der Waals surface area (Å²) in [6.07, 6.45) is 7.97. The molecule has 12 aromatic rings. The lowest BCUT2D eigenvalue weighted by atomic mass is 9.82. The van der Waals surface area contributed by atoms with E-state index in [0.717, 1.165) is 10.8 Å². The summed E-state index contributed by atoms with van der Waals surface area (Å²) in [6, 6.07) is 66.6. The average Bonchev–Trinajstić information content (AvgIpc) is 3.29. The molecule has 0 saturated heterocycles. The molecular formula is C56H34N2. The van der Waals surface area contributed by atoms with Crippen molar-refractivity contribution in [3.8, 4) is 44.5 Å². The minimum atomic E-state index is 1.14. The molecule has 0 bridgehead atoms. The lowest BCUT2D eigenvalue weighted by Gasteiger charge is -2.21. The highest BCUT2D eigenvalue weighted by atomic mass is 14.6. The third-order valence-electron chi connectivity index (χ3n) is 12.2. The van der Waals surface area contributed by atoms with Gasteiger partial charge in [0.25, 0.3) is 0 Å². The van der Waals surface area contributed by atoms with Crippen LogP contribution < -0.4 is 0 Å². The number of pyridine rings is 2. The molecule has 0 aliphatic carbocycles. The van der Waals surface area contributed by atoms with Gasteiger partial charge in [-0.2, -0.15) is 0 Å². The second-order valence-electron chi connectivity index (χ2n) is 15.3. The number of hydrogen-bond donors (Lipinski definition) is 0. The van der Waals surface area contributed by atoms with Gasteiger partial charge in [-0.3, -0.25) is 9.97 Å². The standard InChI is InChI=1S/C56H34N2/c1-3-13-37-31-39(23-21-35(37)11-1)53-43-17-7-9-19-45(43)55(51-33-57-29-27-49(51)53)47-25-26-48(42-16-6-5-15-41(42)47)56-46-20-10-8-18-44(46)54(50-28-30-58-34-52(50)56)40-24-22-36-12-2-4-14-38(36)32-40/h1-34H. The van der Waals surface area contributed by atoms with Gasteiger partial charge in [-0.05, 0) is 133 Å².